The normalized spacial score (nSPS) is 11.4. The Morgan fingerprint density at radius 2 is 2.00 bits per heavy atom. The Morgan fingerprint density at radius 1 is 1.21 bits per heavy atom. The van der Waals surface area contributed by atoms with Crippen molar-refractivity contribution < 1.29 is 0 Å². The quantitative estimate of drug-likeness (QED) is 0.243. The van der Waals surface area contributed by atoms with Gasteiger partial charge in [0.15, 0.2) is 5.96 Å². The second-order valence-corrected chi connectivity index (χ2v) is 6.51. The van der Waals surface area contributed by atoms with E-state index in [2.05, 4.69) is 58.2 Å². The van der Waals surface area contributed by atoms with Crippen LogP contribution in [-0.4, -0.2) is 43.1 Å². The third kappa shape index (κ3) is 5.88. The van der Waals surface area contributed by atoms with Crippen LogP contribution in [0.4, 0.5) is 0 Å². The van der Waals surface area contributed by atoms with Gasteiger partial charge >= 0.3 is 0 Å². The Hall–Kier alpha value is -0.890. The van der Waals surface area contributed by atoms with E-state index in [1.807, 2.05) is 18.8 Å². The lowest BCUT2D eigenvalue weighted by molar-refractivity contribution is 0.778. The van der Waals surface area contributed by atoms with Crippen LogP contribution in [-0.2, 0) is 12.8 Å². The number of aromatic nitrogens is 1. The highest BCUT2D eigenvalue weighted by Gasteiger charge is 2.06. The third-order valence-corrected chi connectivity index (χ3v) is 4.69. The molecule has 1 aromatic carbocycles. The summed E-state index contributed by atoms with van der Waals surface area (Å²) in [4.78, 5) is 7.71. The van der Waals surface area contributed by atoms with Crippen molar-refractivity contribution in [3.05, 3.63) is 35.5 Å². The Morgan fingerprint density at radius 3 is 2.71 bits per heavy atom. The summed E-state index contributed by atoms with van der Waals surface area (Å²) >= 11 is 1.88. The zero-order chi connectivity index (χ0) is 16.5. The number of rotatable bonds is 8. The molecule has 2 rings (SSSR count). The van der Waals surface area contributed by atoms with Crippen molar-refractivity contribution in [1.82, 2.24) is 15.6 Å². The van der Waals surface area contributed by atoms with Crippen molar-refractivity contribution in [2.24, 2.45) is 4.99 Å². The molecular formula is C18H29IN4S. The summed E-state index contributed by atoms with van der Waals surface area (Å²) in [5.74, 6) is 2.07. The minimum Gasteiger partial charge on any atom is -0.361 e. The molecule has 0 bridgehead atoms. The Bertz CT molecular complexity index is 639. The molecule has 0 aliphatic rings. The lowest BCUT2D eigenvalue weighted by Crippen LogP contribution is -2.38. The van der Waals surface area contributed by atoms with Crippen molar-refractivity contribution in [2.75, 3.05) is 32.1 Å². The smallest absolute Gasteiger partial charge is 0.190 e. The number of H-pyrrole nitrogens is 1. The zero-order valence-corrected chi connectivity index (χ0v) is 18.0. The molecule has 1 aromatic heterocycles. The summed E-state index contributed by atoms with van der Waals surface area (Å²) < 4.78 is 0. The topological polar surface area (TPSA) is 52.2 Å². The number of aliphatic imine (C=N–C) groups is 1. The average Bonchev–Trinajstić information content (AvgIpc) is 3.00. The number of aryl methyl sites for hydroxylation is 1. The molecule has 0 atom stereocenters. The molecule has 134 valence electrons. The predicted molar refractivity (Wildman–Crippen MR) is 119 cm³/mol. The van der Waals surface area contributed by atoms with Crippen LogP contribution in [0.5, 0.6) is 0 Å². The second kappa shape index (κ2) is 11.6. The predicted octanol–water partition coefficient (Wildman–Crippen LogP) is 3.81. The lowest BCUT2D eigenvalue weighted by Gasteiger charge is -2.11. The molecule has 3 N–H and O–H groups in total. The number of fused-ring (bicyclic) bond motifs is 1. The molecule has 6 heteroatoms. The fourth-order valence-electron chi connectivity index (χ4n) is 2.74. The van der Waals surface area contributed by atoms with Crippen LogP contribution in [0.3, 0.4) is 0 Å². The van der Waals surface area contributed by atoms with Crippen molar-refractivity contribution in [1.29, 1.82) is 0 Å². The number of nitrogens with zero attached hydrogens (tertiary/aromatic N) is 1. The van der Waals surface area contributed by atoms with Crippen molar-refractivity contribution in [3.63, 3.8) is 0 Å². The monoisotopic (exact) mass is 460 g/mol. The first-order valence-electron chi connectivity index (χ1n) is 8.31. The molecule has 0 fully saturated rings. The summed E-state index contributed by atoms with van der Waals surface area (Å²) in [5.41, 5.74) is 4.03. The van der Waals surface area contributed by atoms with Crippen LogP contribution in [0.1, 0.15) is 24.5 Å². The van der Waals surface area contributed by atoms with Crippen molar-refractivity contribution in [2.45, 2.75) is 26.2 Å². The van der Waals surface area contributed by atoms with E-state index in [0.29, 0.717) is 0 Å². The number of hydrogen-bond donors (Lipinski definition) is 3. The van der Waals surface area contributed by atoms with Crippen LogP contribution in [0.15, 0.2) is 29.4 Å². The maximum absolute atomic E-state index is 4.27. The molecule has 0 spiro atoms. The van der Waals surface area contributed by atoms with Gasteiger partial charge in [0, 0.05) is 37.2 Å². The van der Waals surface area contributed by atoms with E-state index in [9.17, 15) is 0 Å². The van der Waals surface area contributed by atoms with E-state index < -0.39 is 0 Å². The molecular weight excluding hydrogens is 431 g/mol. The molecule has 1 heterocycles. The number of nitrogens with one attached hydrogen (secondary N) is 3. The number of benzene rings is 1. The van der Waals surface area contributed by atoms with Gasteiger partial charge in [-0.1, -0.05) is 25.1 Å². The molecule has 0 aliphatic heterocycles. The van der Waals surface area contributed by atoms with Gasteiger partial charge in [0.1, 0.15) is 0 Å². The van der Waals surface area contributed by atoms with Gasteiger partial charge in [-0.25, -0.2) is 0 Å². The number of aromatic amines is 1. The van der Waals surface area contributed by atoms with E-state index in [-0.39, 0.29) is 24.0 Å². The molecule has 0 saturated carbocycles. The van der Waals surface area contributed by atoms with E-state index in [0.717, 1.165) is 38.3 Å². The van der Waals surface area contributed by atoms with E-state index >= 15 is 0 Å². The summed E-state index contributed by atoms with van der Waals surface area (Å²) in [7, 11) is 1.82. The van der Waals surface area contributed by atoms with Gasteiger partial charge in [0.2, 0.25) is 0 Å². The van der Waals surface area contributed by atoms with Crippen molar-refractivity contribution >= 4 is 52.6 Å². The largest absolute Gasteiger partial charge is 0.361 e. The van der Waals surface area contributed by atoms with E-state index in [4.69, 9.17) is 0 Å². The van der Waals surface area contributed by atoms with E-state index in [1.54, 1.807) is 0 Å². The van der Waals surface area contributed by atoms with Gasteiger partial charge in [-0.2, -0.15) is 11.8 Å². The minimum absolute atomic E-state index is 0. The van der Waals surface area contributed by atoms with Gasteiger partial charge in [-0.05, 0) is 42.4 Å². The van der Waals surface area contributed by atoms with Gasteiger partial charge in [0.25, 0.3) is 0 Å². The number of halogens is 1. The van der Waals surface area contributed by atoms with Crippen LogP contribution in [0.25, 0.3) is 10.9 Å². The Balaban J connectivity index is 0.00000288. The number of thioether (sulfide) groups is 1. The first-order chi connectivity index (χ1) is 11.3. The Labute approximate surface area is 166 Å². The van der Waals surface area contributed by atoms with Gasteiger partial charge in [-0.3, -0.25) is 4.99 Å². The Kier molecular flexibility index (Phi) is 10.2. The molecule has 0 unspecified atom stereocenters. The maximum atomic E-state index is 4.27. The molecule has 0 radical (unpaired) electrons. The summed E-state index contributed by atoms with van der Waals surface area (Å²) in [6.45, 7) is 4.04. The average molecular weight is 460 g/mol. The lowest BCUT2D eigenvalue weighted by atomic mass is 10.1. The molecule has 2 aromatic rings. The highest BCUT2D eigenvalue weighted by Crippen LogP contribution is 2.22. The third-order valence-electron chi connectivity index (χ3n) is 4.00. The number of guanidine groups is 1. The SMILES string of the molecule is CCc1cccc2c(CCNC(=NC)NCCCSC)c[nH]c12.I. The summed E-state index contributed by atoms with van der Waals surface area (Å²) in [5, 5.41) is 8.10. The van der Waals surface area contributed by atoms with Crippen LogP contribution < -0.4 is 10.6 Å². The fraction of sp³-hybridized carbons (Fsp3) is 0.500. The number of para-hydroxylation sites is 1. The molecule has 0 amide bonds. The fourth-order valence-corrected chi connectivity index (χ4v) is 3.17. The summed E-state index contributed by atoms with van der Waals surface area (Å²) in [6.07, 6.45) is 7.48. The summed E-state index contributed by atoms with van der Waals surface area (Å²) in [6, 6.07) is 6.55. The van der Waals surface area contributed by atoms with Crippen LogP contribution in [0, 0.1) is 0 Å². The van der Waals surface area contributed by atoms with Gasteiger partial charge in [-0.15, -0.1) is 24.0 Å². The highest BCUT2D eigenvalue weighted by atomic mass is 127. The molecule has 0 saturated heterocycles. The van der Waals surface area contributed by atoms with Crippen LogP contribution >= 0.6 is 35.7 Å². The van der Waals surface area contributed by atoms with Gasteiger partial charge in [0.05, 0.1) is 0 Å². The van der Waals surface area contributed by atoms with E-state index in [1.165, 1.54) is 27.8 Å². The first-order valence-corrected chi connectivity index (χ1v) is 9.70. The zero-order valence-electron chi connectivity index (χ0n) is 14.8. The minimum atomic E-state index is 0. The van der Waals surface area contributed by atoms with Crippen LogP contribution in [0.2, 0.25) is 0 Å². The molecule has 0 aliphatic carbocycles. The van der Waals surface area contributed by atoms with Crippen molar-refractivity contribution in [3.8, 4) is 0 Å². The number of hydrogen-bond acceptors (Lipinski definition) is 2. The maximum Gasteiger partial charge on any atom is 0.190 e. The molecule has 24 heavy (non-hydrogen) atoms. The first kappa shape index (κ1) is 21.2. The molecule has 4 nitrogen and oxygen atoms in total. The highest BCUT2D eigenvalue weighted by molar-refractivity contribution is 14.0. The van der Waals surface area contributed by atoms with Gasteiger partial charge < -0.3 is 15.6 Å². The second-order valence-electron chi connectivity index (χ2n) is 5.53. The standard InChI is InChI=1S/C18H28N4S.HI/c1-4-14-7-5-8-16-15(13-22-17(14)16)9-11-21-18(19-2)20-10-6-12-23-3;/h5,7-8,13,22H,4,6,9-12H2,1-3H3,(H2,19,20,21);1H.